The molecule has 3 nitrogen and oxygen atoms in total. The molecule has 2 aromatic rings. The number of rotatable bonds is 2. The van der Waals surface area contributed by atoms with Crippen LogP contribution in [-0.4, -0.2) is 12.6 Å². The van der Waals surface area contributed by atoms with Crippen LogP contribution in [0.2, 0.25) is 0 Å². The van der Waals surface area contributed by atoms with Crippen LogP contribution in [0, 0.1) is 11.6 Å². The van der Waals surface area contributed by atoms with Crippen molar-refractivity contribution in [2.75, 3.05) is 11.4 Å². The van der Waals surface area contributed by atoms with Gasteiger partial charge in [0, 0.05) is 13.1 Å². The Morgan fingerprint density at radius 2 is 1.78 bits per heavy atom. The highest BCUT2D eigenvalue weighted by Gasteiger charge is 2.21. The van der Waals surface area contributed by atoms with Crippen LogP contribution >= 0.6 is 0 Å². The van der Waals surface area contributed by atoms with E-state index in [9.17, 15) is 13.6 Å². The van der Waals surface area contributed by atoms with Crippen molar-refractivity contribution < 1.29 is 13.6 Å². The minimum atomic E-state index is -0.345. The third-order valence-electron chi connectivity index (χ3n) is 4.02. The second-order valence-electron chi connectivity index (χ2n) is 5.67. The average molecular weight is 316 g/mol. The van der Waals surface area contributed by atoms with E-state index in [-0.39, 0.29) is 17.7 Å². The number of aryl methyl sites for hydroxylation is 1. The second-order valence-corrected chi connectivity index (χ2v) is 5.67. The number of hydrogen-bond acceptors (Lipinski definition) is 1. The van der Waals surface area contributed by atoms with Gasteiger partial charge < -0.3 is 5.32 Å². The lowest BCUT2D eigenvalue weighted by atomic mass is 10.1. The molecule has 0 saturated heterocycles. The van der Waals surface area contributed by atoms with E-state index in [1.54, 1.807) is 23.1 Å². The van der Waals surface area contributed by atoms with Crippen LogP contribution in [0.3, 0.4) is 0 Å². The largest absolute Gasteiger partial charge is 0.334 e. The minimum Gasteiger partial charge on any atom is -0.334 e. The van der Waals surface area contributed by atoms with Gasteiger partial charge in [0.1, 0.15) is 11.6 Å². The fourth-order valence-electron chi connectivity index (χ4n) is 2.79. The van der Waals surface area contributed by atoms with E-state index in [4.69, 9.17) is 0 Å². The molecule has 1 aliphatic heterocycles. The van der Waals surface area contributed by atoms with Crippen molar-refractivity contribution in [3.05, 3.63) is 65.2 Å². The summed E-state index contributed by atoms with van der Waals surface area (Å²) in [5.41, 5.74) is 2.44. The summed E-state index contributed by atoms with van der Waals surface area (Å²) in [7, 11) is 0. The number of carbonyl (C=O) groups excluding carboxylic acids is 1. The highest BCUT2D eigenvalue weighted by molar-refractivity contribution is 5.93. The second kappa shape index (κ2) is 6.77. The SMILES string of the molecule is O=C(NCc1ccc(F)cc1)N1CCCCc2ccc(F)cc21. The van der Waals surface area contributed by atoms with Crippen LogP contribution < -0.4 is 10.2 Å². The molecule has 0 spiro atoms. The molecule has 1 aliphatic rings. The van der Waals surface area contributed by atoms with Gasteiger partial charge in [-0.3, -0.25) is 4.90 Å². The number of anilines is 1. The van der Waals surface area contributed by atoms with Crippen LogP contribution in [0.15, 0.2) is 42.5 Å². The summed E-state index contributed by atoms with van der Waals surface area (Å²) < 4.78 is 26.5. The smallest absolute Gasteiger partial charge is 0.322 e. The molecule has 0 saturated carbocycles. The van der Waals surface area contributed by atoms with E-state index >= 15 is 0 Å². The highest BCUT2D eigenvalue weighted by atomic mass is 19.1. The minimum absolute atomic E-state index is 0.261. The van der Waals surface area contributed by atoms with Gasteiger partial charge in [0.25, 0.3) is 0 Å². The van der Waals surface area contributed by atoms with E-state index in [1.807, 2.05) is 0 Å². The van der Waals surface area contributed by atoms with Crippen LogP contribution in [0.1, 0.15) is 24.0 Å². The number of hydrogen-bond donors (Lipinski definition) is 1. The molecule has 0 atom stereocenters. The summed E-state index contributed by atoms with van der Waals surface area (Å²) in [6, 6.07) is 10.3. The summed E-state index contributed by atoms with van der Waals surface area (Å²) in [5, 5.41) is 2.82. The van der Waals surface area contributed by atoms with E-state index < -0.39 is 0 Å². The fourth-order valence-corrected chi connectivity index (χ4v) is 2.79. The Hall–Kier alpha value is -2.43. The van der Waals surface area contributed by atoms with E-state index in [1.165, 1.54) is 24.3 Å². The molecule has 120 valence electrons. The molecule has 1 heterocycles. The van der Waals surface area contributed by atoms with Crippen molar-refractivity contribution >= 4 is 11.7 Å². The van der Waals surface area contributed by atoms with E-state index in [2.05, 4.69) is 5.32 Å². The lowest BCUT2D eigenvalue weighted by molar-refractivity contribution is 0.246. The normalized spacial score (nSPS) is 14.1. The van der Waals surface area contributed by atoms with Crippen LogP contribution in [0.4, 0.5) is 19.3 Å². The maximum atomic E-state index is 13.6. The number of fused-ring (bicyclic) bond motifs is 1. The number of urea groups is 1. The quantitative estimate of drug-likeness (QED) is 0.892. The van der Waals surface area contributed by atoms with Gasteiger partial charge in [-0.05, 0) is 54.7 Å². The van der Waals surface area contributed by atoms with Gasteiger partial charge in [-0.15, -0.1) is 0 Å². The average Bonchev–Trinajstić information content (AvgIpc) is 2.76. The van der Waals surface area contributed by atoms with Gasteiger partial charge in [-0.2, -0.15) is 0 Å². The van der Waals surface area contributed by atoms with Crippen molar-refractivity contribution in [1.29, 1.82) is 0 Å². The van der Waals surface area contributed by atoms with E-state index in [0.29, 0.717) is 18.8 Å². The third kappa shape index (κ3) is 3.67. The molecule has 2 amide bonds. The first-order valence-corrected chi connectivity index (χ1v) is 7.72. The van der Waals surface area contributed by atoms with E-state index in [0.717, 1.165) is 30.4 Å². The number of nitrogens with zero attached hydrogens (tertiary/aromatic N) is 1. The highest BCUT2D eigenvalue weighted by Crippen LogP contribution is 2.27. The maximum Gasteiger partial charge on any atom is 0.322 e. The standard InChI is InChI=1S/C18H18F2N2O/c19-15-7-4-13(5-8-15)12-21-18(23)22-10-2-1-3-14-6-9-16(20)11-17(14)22/h4-9,11H,1-3,10,12H2,(H,21,23). The number of amides is 2. The molecular weight excluding hydrogens is 298 g/mol. The molecule has 0 radical (unpaired) electrons. The van der Waals surface area contributed by atoms with Gasteiger partial charge in [0.2, 0.25) is 0 Å². The molecule has 2 aromatic carbocycles. The van der Waals surface area contributed by atoms with Crippen LogP contribution in [0.5, 0.6) is 0 Å². The Balaban J connectivity index is 1.74. The Bertz CT molecular complexity index is 701. The Morgan fingerprint density at radius 1 is 1.04 bits per heavy atom. The van der Waals surface area contributed by atoms with Gasteiger partial charge in [0.15, 0.2) is 0 Å². The Morgan fingerprint density at radius 3 is 2.57 bits per heavy atom. The lowest BCUT2D eigenvalue weighted by Gasteiger charge is -2.23. The molecule has 0 aromatic heterocycles. The lowest BCUT2D eigenvalue weighted by Crippen LogP contribution is -2.40. The maximum absolute atomic E-state index is 13.6. The Kier molecular flexibility index (Phi) is 4.55. The third-order valence-corrected chi connectivity index (χ3v) is 4.02. The zero-order valence-electron chi connectivity index (χ0n) is 12.7. The molecule has 1 N–H and O–H groups in total. The molecule has 0 bridgehead atoms. The number of nitrogens with one attached hydrogen (secondary N) is 1. The monoisotopic (exact) mass is 316 g/mol. The molecule has 23 heavy (non-hydrogen) atoms. The van der Waals surface area contributed by atoms with Gasteiger partial charge in [0.05, 0.1) is 5.69 Å². The summed E-state index contributed by atoms with van der Waals surface area (Å²) in [6.45, 7) is 0.867. The first-order valence-electron chi connectivity index (χ1n) is 7.72. The van der Waals surface area contributed by atoms with Gasteiger partial charge >= 0.3 is 6.03 Å². The first-order chi connectivity index (χ1) is 11.1. The van der Waals surface area contributed by atoms with Gasteiger partial charge in [-0.25, -0.2) is 13.6 Å². The molecule has 3 rings (SSSR count). The zero-order chi connectivity index (χ0) is 16.2. The number of benzene rings is 2. The molecule has 0 unspecified atom stereocenters. The number of carbonyl (C=O) groups is 1. The summed E-state index contributed by atoms with van der Waals surface area (Å²) in [4.78, 5) is 14.1. The summed E-state index contributed by atoms with van der Waals surface area (Å²) in [5.74, 6) is -0.654. The van der Waals surface area contributed by atoms with Crippen molar-refractivity contribution in [3.63, 3.8) is 0 Å². The molecule has 0 aliphatic carbocycles. The number of halogens is 2. The van der Waals surface area contributed by atoms with Crippen molar-refractivity contribution in [2.45, 2.75) is 25.8 Å². The predicted molar refractivity (Wildman–Crippen MR) is 85.3 cm³/mol. The molecular formula is C18H18F2N2O. The molecule has 5 heteroatoms. The van der Waals surface area contributed by atoms with Gasteiger partial charge in [-0.1, -0.05) is 18.2 Å². The van der Waals surface area contributed by atoms with Crippen molar-refractivity contribution in [3.8, 4) is 0 Å². The summed E-state index contributed by atoms with van der Waals surface area (Å²) in [6.07, 6.45) is 2.69. The topological polar surface area (TPSA) is 32.3 Å². The predicted octanol–water partition coefficient (Wildman–Crippen LogP) is 4.02. The summed E-state index contributed by atoms with van der Waals surface area (Å²) >= 11 is 0. The van der Waals surface area contributed by atoms with Crippen molar-refractivity contribution in [2.24, 2.45) is 0 Å². The fraction of sp³-hybridized carbons (Fsp3) is 0.278. The Labute approximate surface area is 133 Å². The van der Waals surface area contributed by atoms with Crippen LogP contribution in [-0.2, 0) is 13.0 Å². The molecule has 0 fully saturated rings. The zero-order valence-corrected chi connectivity index (χ0v) is 12.7. The first kappa shape index (κ1) is 15.5. The van der Waals surface area contributed by atoms with Crippen LogP contribution in [0.25, 0.3) is 0 Å². The van der Waals surface area contributed by atoms with Crippen molar-refractivity contribution in [1.82, 2.24) is 5.32 Å².